The molecule has 1 aromatic carbocycles. The van der Waals surface area contributed by atoms with Crippen LogP contribution in [0.25, 0.3) is 0 Å². The molecule has 0 aliphatic carbocycles. The maximum absolute atomic E-state index is 12.8. The zero-order valence-corrected chi connectivity index (χ0v) is 11.4. The van der Waals surface area contributed by atoms with E-state index in [-0.39, 0.29) is 6.61 Å². The topological polar surface area (TPSA) is 64.6 Å². The zero-order chi connectivity index (χ0) is 16.0. The van der Waals surface area contributed by atoms with E-state index in [0.717, 1.165) is 19.2 Å². The van der Waals surface area contributed by atoms with E-state index < -0.39 is 35.2 Å². The van der Waals surface area contributed by atoms with E-state index in [1.807, 2.05) is 0 Å². The highest BCUT2D eigenvalue weighted by Gasteiger charge is 2.35. The van der Waals surface area contributed by atoms with Crippen molar-refractivity contribution in [3.05, 3.63) is 35.4 Å². The lowest BCUT2D eigenvalue weighted by Gasteiger charge is -2.17. The number of carbonyl (C=O) groups is 2. The average Bonchev–Trinajstić information content (AvgIpc) is 2.45. The van der Waals surface area contributed by atoms with E-state index in [9.17, 15) is 22.8 Å². The van der Waals surface area contributed by atoms with E-state index in [1.54, 1.807) is 0 Å². The number of nitrogens with one attached hydrogen (secondary N) is 1. The Labute approximate surface area is 119 Å². The van der Waals surface area contributed by atoms with Gasteiger partial charge in [0.1, 0.15) is 0 Å². The predicted molar refractivity (Wildman–Crippen MR) is 66.6 cm³/mol. The first kappa shape index (κ1) is 17.0. The Morgan fingerprint density at radius 2 is 1.86 bits per heavy atom. The molecule has 1 aromatic rings. The highest BCUT2D eigenvalue weighted by molar-refractivity contribution is 5.98. The van der Waals surface area contributed by atoms with Crippen LogP contribution in [0.1, 0.15) is 15.9 Å². The third kappa shape index (κ3) is 4.45. The maximum atomic E-state index is 12.8. The molecule has 1 unspecified atom stereocenters. The molecule has 0 aliphatic rings. The lowest BCUT2D eigenvalue weighted by atomic mass is 10.1. The molecule has 1 N–H and O–H groups in total. The lowest BCUT2D eigenvalue weighted by Crippen LogP contribution is -2.45. The Balaban J connectivity index is 3.01. The summed E-state index contributed by atoms with van der Waals surface area (Å²) in [6, 6.07) is 3.10. The zero-order valence-electron chi connectivity index (χ0n) is 11.4. The number of amides is 1. The van der Waals surface area contributed by atoms with Crippen LogP contribution in [0.15, 0.2) is 24.3 Å². The molecule has 0 aliphatic heterocycles. The minimum Gasteiger partial charge on any atom is -0.467 e. The van der Waals surface area contributed by atoms with Crippen LogP contribution in [0.3, 0.4) is 0 Å². The summed E-state index contributed by atoms with van der Waals surface area (Å²) < 4.78 is 47.6. The number of hydrogen-bond acceptors (Lipinski definition) is 4. The summed E-state index contributed by atoms with van der Waals surface area (Å²) in [5, 5.41) is 2.16. The largest absolute Gasteiger partial charge is 0.467 e. The van der Waals surface area contributed by atoms with Gasteiger partial charge in [0.2, 0.25) is 0 Å². The van der Waals surface area contributed by atoms with E-state index in [1.165, 1.54) is 19.2 Å². The van der Waals surface area contributed by atoms with Gasteiger partial charge >= 0.3 is 12.1 Å². The molecule has 21 heavy (non-hydrogen) atoms. The molecule has 1 atom stereocenters. The van der Waals surface area contributed by atoms with Crippen molar-refractivity contribution in [1.29, 1.82) is 0 Å². The van der Waals surface area contributed by atoms with E-state index >= 15 is 0 Å². The standard InChI is InChI=1S/C13H14F3NO4/c1-20-7-10(12(19)21-2)17-11(18)8-5-3-4-6-9(8)13(14,15)16/h3-6,10H,7H2,1-2H3,(H,17,18). The Kier molecular flexibility index (Phi) is 5.71. The molecule has 1 amide bonds. The second kappa shape index (κ2) is 7.07. The number of alkyl halides is 3. The number of carbonyl (C=O) groups excluding carboxylic acids is 2. The molecule has 0 radical (unpaired) electrons. The van der Waals surface area contributed by atoms with Gasteiger partial charge in [-0.15, -0.1) is 0 Å². The molecule has 0 aromatic heterocycles. The van der Waals surface area contributed by atoms with Crippen LogP contribution in [0.4, 0.5) is 13.2 Å². The minimum atomic E-state index is -4.67. The fourth-order valence-corrected chi connectivity index (χ4v) is 1.64. The summed E-state index contributed by atoms with van der Waals surface area (Å²) in [6.45, 7) is -0.216. The molecule has 8 heteroatoms. The van der Waals surface area contributed by atoms with Gasteiger partial charge in [-0.2, -0.15) is 13.2 Å². The Morgan fingerprint density at radius 1 is 1.24 bits per heavy atom. The normalized spacial score (nSPS) is 12.6. The number of ether oxygens (including phenoxy) is 2. The first-order chi connectivity index (χ1) is 9.81. The van der Waals surface area contributed by atoms with Crippen molar-refractivity contribution < 1.29 is 32.2 Å². The molecule has 0 fully saturated rings. The SMILES string of the molecule is COCC(NC(=O)c1ccccc1C(F)(F)F)C(=O)OC. The van der Waals surface area contributed by atoms with Gasteiger partial charge in [-0.25, -0.2) is 4.79 Å². The van der Waals surface area contributed by atoms with E-state index in [0.29, 0.717) is 0 Å². The van der Waals surface area contributed by atoms with Crippen molar-refractivity contribution in [2.75, 3.05) is 20.8 Å². The van der Waals surface area contributed by atoms with Gasteiger partial charge in [-0.1, -0.05) is 12.1 Å². The number of esters is 1. The third-order valence-corrected chi connectivity index (χ3v) is 2.60. The highest BCUT2D eigenvalue weighted by Crippen LogP contribution is 2.31. The van der Waals surface area contributed by atoms with Gasteiger partial charge in [-0.05, 0) is 12.1 Å². The van der Waals surface area contributed by atoms with Gasteiger partial charge < -0.3 is 14.8 Å². The first-order valence-electron chi connectivity index (χ1n) is 5.85. The molecule has 0 heterocycles. The number of hydrogen-bond donors (Lipinski definition) is 1. The van der Waals surface area contributed by atoms with Crippen LogP contribution in [-0.2, 0) is 20.4 Å². The number of methoxy groups -OCH3 is 2. The molecule has 0 spiro atoms. The average molecular weight is 305 g/mol. The van der Waals surface area contributed by atoms with Crippen LogP contribution in [-0.4, -0.2) is 38.7 Å². The first-order valence-corrected chi connectivity index (χ1v) is 5.85. The summed E-state index contributed by atoms with van der Waals surface area (Å²) >= 11 is 0. The van der Waals surface area contributed by atoms with Crippen LogP contribution in [0.5, 0.6) is 0 Å². The predicted octanol–water partition coefficient (Wildman–Crippen LogP) is 1.62. The molecule has 5 nitrogen and oxygen atoms in total. The Hall–Kier alpha value is -2.09. The minimum absolute atomic E-state index is 0.216. The van der Waals surface area contributed by atoms with Gasteiger partial charge in [0.25, 0.3) is 5.91 Å². The van der Waals surface area contributed by atoms with Crippen LogP contribution in [0.2, 0.25) is 0 Å². The van der Waals surface area contributed by atoms with Crippen molar-refractivity contribution in [1.82, 2.24) is 5.32 Å². The van der Waals surface area contributed by atoms with Crippen LogP contribution in [0, 0.1) is 0 Å². The van der Waals surface area contributed by atoms with E-state index in [2.05, 4.69) is 10.1 Å². The Bertz CT molecular complexity index is 516. The van der Waals surface area contributed by atoms with Crippen molar-refractivity contribution in [3.8, 4) is 0 Å². The lowest BCUT2D eigenvalue weighted by molar-refractivity contribution is -0.144. The summed E-state index contributed by atoms with van der Waals surface area (Å²) in [7, 11) is 2.38. The van der Waals surface area contributed by atoms with Crippen LogP contribution >= 0.6 is 0 Å². The summed E-state index contributed by atoms with van der Waals surface area (Å²) in [4.78, 5) is 23.4. The summed E-state index contributed by atoms with van der Waals surface area (Å²) in [6.07, 6.45) is -4.67. The van der Waals surface area contributed by atoms with Gasteiger partial charge in [-0.3, -0.25) is 4.79 Å². The number of halogens is 3. The quantitative estimate of drug-likeness (QED) is 0.840. The van der Waals surface area contributed by atoms with Crippen molar-refractivity contribution in [3.63, 3.8) is 0 Å². The fraction of sp³-hybridized carbons (Fsp3) is 0.385. The molecule has 0 bridgehead atoms. The smallest absolute Gasteiger partial charge is 0.417 e. The fourth-order valence-electron chi connectivity index (χ4n) is 1.64. The Morgan fingerprint density at radius 3 is 2.38 bits per heavy atom. The summed E-state index contributed by atoms with van der Waals surface area (Å²) in [5.74, 6) is -1.84. The van der Waals surface area contributed by atoms with Crippen molar-refractivity contribution >= 4 is 11.9 Å². The number of rotatable bonds is 5. The molecular weight excluding hydrogens is 291 g/mol. The third-order valence-electron chi connectivity index (χ3n) is 2.60. The van der Waals surface area contributed by atoms with E-state index in [4.69, 9.17) is 4.74 Å². The second-order valence-electron chi connectivity index (χ2n) is 4.05. The number of benzene rings is 1. The highest BCUT2D eigenvalue weighted by atomic mass is 19.4. The van der Waals surface area contributed by atoms with Gasteiger partial charge in [0.15, 0.2) is 6.04 Å². The molecule has 1 rings (SSSR count). The molecule has 116 valence electrons. The molecular formula is C13H14F3NO4. The second-order valence-corrected chi connectivity index (χ2v) is 4.05. The monoisotopic (exact) mass is 305 g/mol. The van der Waals surface area contributed by atoms with Crippen molar-refractivity contribution in [2.24, 2.45) is 0 Å². The van der Waals surface area contributed by atoms with Crippen LogP contribution < -0.4 is 5.32 Å². The molecule has 0 saturated heterocycles. The summed E-state index contributed by atoms with van der Waals surface area (Å²) in [5.41, 5.74) is -1.65. The van der Waals surface area contributed by atoms with Crippen molar-refractivity contribution in [2.45, 2.75) is 12.2 Å². The molecule has 0 saturated carbocycles. The van der Waals surface area contributed by atoms with Gasteiger partial charge in [0.05, 0.1) is 24.8 Å². The maximum Gasteiger partial charge on any atom is 0.417 e. The van der Waals surface area contributed by atoms with Gasteiger partial charge in [0, 0.05) is 7.11 Å².